The summed E-state index contributed by atoms with van der Waals surface area (Å²) >= 11 is 3.09. The fraction of sp³-hybridized carbons (Fsp3) is 0.286. The number of phenolic OH excluding ortho intramolecular Hbond substituents is 1. The molecule has 0 unspecified atom stereocenters. The topological polar surface area (TPSA) is 94.4 Å². The molecule has 3 aromatic heterocycles. The number of piperidine rings is 1. The Bertz CT molecular complexity index is 1170. The van der Waals surface area contributed by atoms with Crippen LogP contribution in [0, 0.1) is 0 Å². The fourth-order valence-electron chi connectivity index (χ4n) is 3.74. The number of benzene rings is 1. The molecule has 4 heterocycles. The zero-order valence-electron chi connectivity index (χ0n) is 16.8. The summed E-state index contributed by atoms with van der Waals surface area (Å²) in [5.41, 5.74) is 2.27. The second-order valence-electron chi connectivity index (χ2n) is 7.35. The average Bonchev–Trinajstić information content (AvgIpc) is 3.33. The summed E-state index contributed by atoms with van der Waals surface area (Å²) < 4.78 is 0. The number of nitrogens with zero attached hydrogens (tertiary/aromatic N) is 4. The van der Waals surface area contributed by atoms with Gasteiger partial charge in [-0.25, -0.2) is 15.0 Å². The first kappa shape index (κ1) is 21.8. The molecule has 0 saturated carbocycles. The van der Waals surface area contributed by atoms with Crippen LogP contribution >= 0.6 is 35.1 Å². The van der Waals surface area contributed by atoms with Crippen LogP contribution in [-0.4, -0.2) is 51.3 Å². The van der Waals surface area contributed by atoms with Crippen LogP contribution in [0.25, 0.3) is 31.4 Å². The molecule has 7 nitrogen and oxygen atoms in total. The minimum atomic E-state index is -0.0486. The molecule has 1 aliphatic rings. The van der Waals surface area contributed by atoms with Crippen molar-refractivity contribution in [1.82, 2.24) is 20.3 Å². The number of hydrogen-bond acceptors (Lipinski definition) is 9. The van der Waals surface area contributed by atoms with Gasteiger partial charge in [-0.1, -0.05) is 28.7 Å². The lowest BCUT2D eigenvalue weighted by Gasteiger charge is -2.31. The van der Waals surface area contributed by atoms with E-state index in [0.29, 0.717) is 11.6 Å². The molecule has 10 heteroatoms. The SMILES string of the molecule is CN(c1nc2sc(-c3ccc(-c4ccnc(O)c4)cc3O)nc2s1)C1CCNCC1.Cl. The summed E-state index contributed by atoms with van der Waals surface area (Å²) in [7, 11) is 2.11. The van der Waals surface area contributed by atoms with E-state index in [2.05, 4.69) is 22.2 Å². The summed E-state index contributed by atoms with van der Waals surface area (Å²) in [6.07, 6.45) is 3.78. The van der Waals surface area contributed by atoms with Gasteiger partial charge in [-0.3, -0.25) is 0 Å². The number of phenols is 1. The third-order valence-electron chi connectivity index (χ3n) is 5.43. The smallest absolute Gasteiger partial charge is 0.211 e. The van der Waals surface area contributed by atoms with Gasteiger partial charge >= 0.3 is 0 Å². The highest BCUT2D eigenvalue weighted by Crippen LogP contribution is 2.40. The maximum Gasteiger partial charge on any atom is 0.211 e. The molecule has 0 spiro atoms. The minimum absolute atomic E-state index is 0. The van der Waals surface area contributed by atoms with Gasteiger partial charge in [-0.05, 0) is 55.3 Å². The lowest BCUT2D eigenvalue weighted by atomic mass is 10.0. The quantitative estimate of drug-likeness (QED) is 0.400. The van der Waals surface area contributed by atoms with Crippen molar-refractivity contribution in [2.24, 2.45) is 0 Å². The maximum absolute atomic E-state index is 10.6. The number of thiazole rings is 2. The highest BCUT2D eigenvalue weighted by molar-refractivity contribution is 7.29. The van der Waals surface area contributed by atoms with Gasteiger partial charge < -0.3 is 20.4 Å². The number of pyridine rings is 1. The van der Waals surface area contributed by atoms with Gasteiger partial charge in [0.15, 0.2) is 14.8 Å². The molecule has 162 valence electrons. The van der Waals surface area contributed by atoms with Gasteiger partial charge in [0.2, 0.25) is 5.88 Å². The predicted octanol–water partition coefficient (Wildman–Crippen LogP) is 4.50. The van der Waals surface area contributed by atoms with E-state index in [0.717, 1.165) is 56.9 Å². The monoisotopic (exact) mass is 475 g/mol. The highest BCUT2D eigenvalue weighted by Gasteiger charge is 2.22. The molecule has 1 saturated heterocycles. The molecule has 0 bridgehead atoms. The number of rotatable bonds is 4. The summed E-state index contributed by atoms with van der Waals surface area (Å²) in [6, 6.07) is 9.31. The number of hydrogen-bond donors (Lipinski definition) is 3. The maximum atomic E-state index is 10.6. The van der Waals surface area contributed by atoms with E-state index in [1.165, 1.54) is 17.5 Å². The van der Waals surface area contributed by atoms with Crippen molar-refractivity contribution >= 4 is 49.9 Å². The molecule has 1 fully saturated rings. The average molecular weight is 476 g/mol. The first-order valence-electron chi connectivity index (χ1n) is 9.78. The third kappa shape index (κ3) is 4.31. The Morgan fingerprint density at radius 3 is 2.45 bits per heavy atom. The summed E-state index contributed by atoms with van der Waals surface area (Å²) in [5.74, 6) is 0.102. The molecule has 1 aliphatic heterocycles. The van der Waals surface area contributed by atoms with Crippen molar-refractivity contribution < 1.29 is 10.2 Å². The molecule has 4 aromatic rings. The molecule has 0 atom stereocenters. The van der Waals surface area contributed by atoms with E-state index in [-0.39, 0.29) is 24.0 Å². The second kappa shape index (κ2) is 8.96. The zero-order valence-corrected chi connectivity index (χ0v) is 19.2. The van der Waals surface area contributed by atoms with Crippen LogP contribution in [0.15, 0.2) is 36.5 Å². The largest absolute Gasteiger partial charge is 0.507 e. The zero-order chi connectivity index (χ0) is 20.7. The van der Waals surface area contributed by atoms with Gasteiger partial charge in [-0.15, -0.1) is 12.4 Å². The van der Waals surface area contributed by atoms with E-state index in [1.807, 2.05) is 12.1 Å². The Morgan fingerprint density at radius 1 is 1.00 bits per heavy atom. The van der Waals surface area contributed by atoms with Gasteiger partial charge in [-0.2, -0.15) is 0 Å². The molecule has 0 aliphatic carbocycles. The Morgan fingerprint density at radius 2 is 1.74 bits per heavy atom. The van der Waals surface area contributed by atoms with Crippen LogP contribution in [0.5, 0.6) is 11.6 Å². The lowest BCUT2D eigenvalue weighted by molar-refractivity contribution is 0.443. The van der Waals surface area contributed by atoms with Crippen molar-refractivity contribution in [2.45, 2.75) is 18.9 Å². The van der Waals surface area contributed by atoms with E-state index >= 15 is 0 Å². The summed E-state index contributed by atoms with van der Waals surface area (Å²) in [6.45, 7) is 2.09. The summed E-state index contributed by atoms with van der Waals surface area (Å²) in [5, 5.41) is 25.3. The summed E-state index contributed by atoms with van der Waals surface area (Å²) in [4.78, 5) is 17.4. The Hall–Kier alpha value is -2.46. The first-order chi connectivity index (χ1) is 14.6. The van der Waals surface area contributed by atoms with Gasteiger partial charge in [0, 0.05) is 25.4 Å². The molecular formula is C21H22ClN5O2S2. The van der Waals surface area contributed by atoms with Crippen LogP contribution in [0.1, 0.15) is 12.8 Å². The van der Waals surface area contributed by atoms with Crippen molar-refractivity contribution in [3.8, 4) is 33.3 Å². The van der Waals surface area contributed by atoms with Crippen LogP contribution in [-0.2, 0) is 0 Å². The third-order valence-corrected chi connectivity index (χ3v) is 7.58. The molecule has 5 rings (SSSR count). The van der Waals surface area contributed by atoms with Crippen LogP contribution in [0.2, 0.25) is 0 Å². The Kier molecular flexibility index (Phi) is 6.29. The van der Waals surface area contributed by atoms with Crippen molar-refractivity contribution in [2.75, 3.05) is 25.0 Å². The number of halogens is 1. The van der Waals surface area contributed by atoms with Crippen molar-refractivity contribution in [3.05, 3.63) is 36.5 Å². The minimum Gasteiger partial charge on any atom is -0.507 e. The molecule has 0 radical (unpaired) electrons. The number of aromatic hydroxyl groups is 2. The first-order valence-corrected chi connectivity index (χ1v) is 11.4. The predicted molar refractivity (Wildman–Crippen MR) is 129 cm³/mol. The normalized spacial score (nSPS) is 14.5. The van der Waals surface area contributed by atoms with E-state index in [4.69, 9.17) is 9.97 Å². The molecule has 1 aromatic carbocycles. The standard InChI is InChI=1S/C21H21N5O2S2.ClH/c1-26(14-5-7-22-8-6-14)21-25-20-19(30-21)24-18(29-20)15-3-2-12(10-16(15)27)13-4-9-23-17(28)11-13;/h2-4,9-11,14,22,27H,5-8H2,1H3,(H,23,28);1H. The molecular weight excluding hydrogens is 454 g/mol. The Labute approximate surface area is 193 Å². The van der Waals surface area contributed by atoms with Crippen molar-refractivity contribution in [3.63, 3.8) is 0 Å². The molecule has 3 N–H and O–H groups in total. The lowest BCUT2D eigenvalue weighted by Crippen LogP contribution is -2.41. The van der Waals surface area contributed by atoms with Crippen molar-refractivity contribution in [1.29, 1.82) is 0 Å². The number of fused-ring (bicyclic) bond motifs is 1. The number of aromatic nitrogens is 3. The number of anilines is 1. The van der Waals surface area contributed by atoms with Gasteiger partial charge in [0.05, 0.1) is 5.56 Å². The van der Waals surface area contributed by atoms with Crippen LogP contribution < -0.4 is 10.2 Å². The van der Waals surface area contributed by atoms with Crippen LogP contribution in [0.4, 0.5) is 5.13 Å². The van der Waals surface area contributed by atoms with Crippen LogP contribution in [0.3, 0.4) is 0 Å². The van der Waals surface area contributed by atoms with Gasteiger partial charge in [0.1, 0.15) is 10.8 Å². The highest BCUT2D eigenvalue weighted by atomic mass is 35.5. The van der Waals surface area contributed by atoms with Gasteiger partial charge in [0.25, 0.3) is 0 Å². The second-order valence-corrected chi connectivity index (χ2v) is 9.29. The van der Waals surface area contributed by atoms with E-state index in [1.54, 1.807) is 29.5 Å². The Balaban J connectivity index is 0.00000231. The molecule has 31 heavy (non-hydrogen) atoms. The van der Waals surface area contributed by atoms with E-state index < -0.39 is 0 Å². The number of nitrogens with one attached hydrogen (secondary N) is 1. The molecule has 0 amide bonds. The fourth-order valence-corrected chi connectivity index (χ4v) is 5.84. The van der Waals surface area contributed by atoms with E-state index in [9.17, 15) is 10.2 Å².